The first-order valence-corrected chi connectivity index (χ1v) is 20.5. The molecule has 9 rings (SSSR count). The van der Waals surface area contributed by atoms with Crippen molar-refractivity contribution in [3.8, 4) is 11.1 Å². The molecule has 0 spiro atoms. The Morgan fingerprint density at radius 1 is 1.07 bits per heavy atom. The number of H-pyrrole nitrogens is 1. The molecule has 4 aromatic heterocycles. The quantitative estimate of drug-likeness (QED) is 0.0601. The number of carbonyl (C=O) groups is 3. The molecule has 2 amide bonds. The van der Waals surface area contributed by atoms with Crippen molar-refractivity contribution in [1.29, 1.82) is 0 Å². The van der Waals surface area contributed by atoms with Gasteiger partial charge in [0.2, 0.25) is 5.91 Å². The van der Waals surface area contributed by atoms with Crippen LogP contribution >= 0.6 is 0 Å². The van der Waals surface area contributed by atoms with Crippen LogP contribution in [0, 0.1) is 20.8 Å². The molecule has 1 aliphatic carbocycles. The summed E-state index contributed by atoms with van der Waals surface area (Å²) < 4.78 is 13.4. The Morgan fingerprint density at radius 3 is 2.68 bits per heavy atom. The van der Waals surface area contributed by atoms with Crippen molar-refractivity contribution in [2.24, 2.45) is 0 Å². The van der Waals surface area contributed by atoms with Gasteiger partial charge in [0.15, 0.2) is 11.6 Å². The smallest absolute Gasteiger partial charge is 0.255 e. The van der Waals surface area contributed by atoms with Gasteiger partial charge in [-0.1, -0.05) is 17.8 Å². The molecule has 0 bridgehead atoms. The minimum Gasteiger partial charge on any atom is -0.382 e. The van der Waals surface area contributed by atoms with Gasteiger partial charge in [-0.05, 0) is 95.2 Å². The van der Waals surface area contributed by atoms with Gasteiger partial charge >= 0.3 is 0 Å². The largest absolute Gasteiger partial charge is 0.382 e. The number of Topliss-reactive ketones (excluding diaryl/α,β-unsaturated/α-hetero) is 1. The SMILES string of the molecule is C=C1CCC(N2Cc3c(NCCOCCCC(=O)c4nc(Nc5cc(C6CC6)nn5CC)c5c(n4)[nH]c4cc(-c6c(C)noc6C)c(C)cc45)cccc3C2=O)C(=O)N1. The lowest BCUT2D eigenvalue weighted by atomic mass is 9.97. The zero-order chi connectivity index (χ0) is 40.9. The molecule has 1 atom stereocenters. The molecule has 1 unspecified atom stereocenters. The molecular formula is C44H48N10O5. The number of ketones is 1. The molecule has 6 aromatic rings. The number of aromatic nitrogens is 6. The fourth-order valence-electron chi connectivity index (χ4n) is 8.42. The molecule has 1 saturated heterocycles. The maximum absolute atomic E-state index is 13.7. The van der Waals surface area contributed by atoms with E-state index in [0.717, 1.165) is 80.0 Å². The molecule has 1 saturated carbocycles. The normalized spacial score (nSPS) is 16.6. The number of amides is 2. The molecule has 6 heterocycles. The molecular weight excluding hydrogens is 749 g/mol. The summed E-state index contributed by atoms with van der Waals surface area (Å²) >= 11 is 0. The van der Waals surface area contributed by atoms with Gasteiger partial charge in [0, 0.05) is 83.6 Å². The summed E-state index contributed by atoms with van der Waals surface area (Å²) in [5, 5.41) is 20.5. The van der Waals surface area contributed by atoms with Crippen LogP contribution in [0.2, 0.25) is 0 Å². The Kier molecular flexibility index (Phi) is 9.99. The predicted octanol–water partition coefficient (Wildman–Crippen LogP) is 7.37. The number of aromatic amines is 1. The lowest BCUT2D eigenvalue weighted by Gasteiger charge is -2.31. The number of hydrogen-bond acceptors (Lipinski definition) is 11. The highest BCUT2D eigenvalue weighted by Crippen LogP contribution is 2.42. The number of nitrogens with zero attached hydrogens (tertiary/aromatic N) is 6. The molecule has 59 heavy (non-hydrogen) atoms. The van der Waals surface area contributed by atoms with E-state index in [1.807, 2.05) is 30.7 Å². The summed E-state index contributed by atoms with van der Waals surface area (Å²) in [6, 6.07) is 11.4. The van der Waals surface area contributed by atoms with Crippen LogP contribution in [-0.2, 0) is 22.6 Å². The predicted molar refractivity (Wildman–Crippen MR) is 224 cm³/mol. The van der Waals surface area contributed by atoms with E-state index < -0.39 is 6.04 Å². The molecule has 2 aliphatic heterocycles. The van der Waals surface area contributed by atoms with Crippen LogP contribution in [-0.4, -0.2) is 78.2 Å². The van der Waals surface area contributed by atoms with Crippen molar-refractivity contribution in [3.05, 3.63) is 88.3 Å². The number of nitrogens with one attached hydrogen (secondary N) is 4. The van der Waals surface area contributed by atoms with Gasteiger partial charge < -0.3 is 35.1 Å². The van der Waals surface area contributed by atoms with Crippen LogP contribution in [0.1, 0.15) is 101 Å². The fourth-order valence-corrected chi connectivity index (χ4v) is 8.42. The summed E-state index contributed by atoms with van der Waals surface area (Å²) in [5.74, 6) is 2.21. The van der Waals surface area contributed by atoms with Crippen molar-refractivity contribution in [1.82, 2.24) is 40.1 Å². The first kappa shape index (κ1) is 38.2. The highest BCUT2D eigenvalue weighted by atomic mass is 16.5. The van der Waals surface area contributed by atoms with Gasteiger partial charge in [-0.3, -0.25) is 14.4 Å². The topological polar surface area (TPSA) is 185 Å². The number of carbonyl (C=O) groups excluding carboxylic acids is 3. The van der Waals surface area contributed by atoms with Crippen molar-refractivity contribution in [3.63, 3.8) is 0 Å². The Bertz CT molecular complexity index is 2650. The summed E-state index contributed by atoms with van der Waals surface area (Å²) in [5.41, 5.74) is 9.34. The van der Waals surface area contributed by atoms with Crippen molar-refractivity contribution in [2.45, 2.75) is 91.3 Å². The van der Waals surface area contributed by atoms with Gasteiger partial charge in [0.25, 0.3) is 5.91 Å². The van der Waals surface area contributed by atoms with Crippen LogP contribution in [0.5, 0.6) is 0 Å². The zero-order valence-corrected chi connectivity index (χ0v) is 33.8. The number of piperidine rings is 1. The first-order chi connectivity index (χ1) is 28.6. The third kappa shape index (κ3) is 7.24. The monoisotopic (exact) mass is 796 g/mol. The Hall–Kier alpha value is -6.35. The van der Waals surface area contributed by atoms with E-state index in [-0.39, 0.29) is 29.8 Å². The lowest BCUT2D eigenvalue weighted by Crippen LogP contribution is -2.49. The van der Waals surface area contributed by atoms with Crippen LogP contribution in [0.3, 0.4) is 0 Å². The van der Waals surface area contributed by atoms with Gasteiger partial charge in [-0.2, -0.15) is 5.10 Å². The van der Waals surface area contributed by atoms with Crippen LogP contribution < -0.4 is 16.0 Å². The van der Waals surface area contributed by atoms with Gasteiger partial charge in [-0.15, -0.1) is 0 Å². The van der Waals surface area contributed by atoms with Crippen LogP contribution in [0.4, 0.5) is 17.3 Å². The molecule has 2 aromatic carbocycles. The van der Waals surface area contributed by atoms with E-state index in [2.05, 4.69) is 64.7 Å². The number of rotatable bonds is 15. The Morgan fingerprint density at radius 2 is 1.92 bits per heavy atom. The van der Waals surface area contributed by atoms with Crippen molar-refractivity contribution < 1.29 is 23.6 Å². The average molecular weight is 797 g/mol. The van der Waals surface area contributed by atoms with E-state index >= 15 is 0 Å². The molecule has 15 nitrogen and oxygen atoms in total. The maximum atomic E-state index is 13.7. The van der Waals surface area contributed by atoms with Gasteiger partial charge in [0.1, 0.15) is 29.1 Å². The summed E-state index contributed by atoms with van der Waals surface area (Å²) in [4.78, 5) is 54.4. The number of benzene rings is 2. The molecule has 0 radical (unpaired) electrons. The standard InChI is InChI=1S/C44H48N10O5/c1-6-54-37(21-33(51-54)27-13-14-27)48-42-39-30-19-23(2)29(38-25(4)52-59-26(38)5)20-34(30)47-41(39)49-40(50-42)36(55)11-8-17-58-18-16-45-32-10-7-9-28-31(32)22-53(44(28)57)35-15-12-24(3)46-43(35)56/h7,9-10,19-21,27,35,45H,3,6,8,11-18,22H2,1-2,4-5H3,(H,46,56)(H2,47,48,49,50). The number of hydrogen-bond donors (Lipinski definition) is 4. The highest BCUT2D eigenvalue weighted by molar-refractivity contribution is 6.13. The maximum Gasteiger partial charge on any atom is 0.255 e. The van der Waals surface area contributed by atoms with Crippen molar-refractivity contribution in [2.75, 3.05) is 30.4 Å². The second kappa shape index (κ2) is 15.4. The third-order valence-electron chi connectivity index (χ3n) is 11.6. The third-order valence-corrected chi connectivity index (χ3v) is 11.6. The van der Waals surface area contributed by atoms with E-state index in [1.54, 1.807) is 11.0 Å². The van der Waals surface area contributed by atoms with Crippen LogP contribution in [0.15, 0.2) is 53.2 Å². The number of anilines is 3. The Balaban J connectivity index is 0.876. The second-order valence-electron chi connectivity index (χ2n) is 15.8. The van der Waals surface area contributed by atoms with Gasteiger partial charge in [-0.25, -0.2) is 14.6 Å². The summed E-state index contributed by atoms with van der Waals surface area (Å²) in [6.45, 7) is 14.2. The van der Waals surface area contributed by atoms with E-state index in [4.69, 9.17) is 24.3 Å². The summed E-state index contributed by atoms with van der Waals surface area (Å²) in [7, 11) is 0. The number of allylic oxidation sites excluding steroid dienone is 1. The van der Waals surface area contributed by atoms with E-state index in [9.17, 15) is 14.4 Å². The average Bonchev–Trinajstić information content (AvgIpc) is 3.60. The molecule has 15 heteroatoms. The minimum absolute atomic E-state index is 0.123. The zero-order valence-electron chi connectivity index (χ0n) is 33.8. The lowest BCUT2D eigenvalue weighted by molar-refractivity contribution is -0.126. The van der Waals surface area contributed by atoms with Crippen LogP contribution in [0.25, 0.3) is 33.1 Å². The highest BCUT2D eigenvalue weighted by Gasteiger charge is 2.39. The minimum atomic E-state index is -0.514. The molecule has 304 valence electrons. The van der Waals surface area contributed by atoms with E-state index in [0.29, 0.717) is 80.8 Å². The molecule has 3 aliphatic rings. The van der Waals surface area contributed by atoms with Crippen molar-refractivity contribution >= 4 is 56.9 Å². The number of aryl methyl sites for hydroxylation is 4. The second-order valence-corrected chi connectivity index (χ2v) is 15.8. The molecule has 4 N–H and O–H groups in total. The number of ether oxygens (including phenoxy) is 1. The first-order valence-electron chi connectivity index (χ1n) is 20.5. The van der Waals surface area contributed by atoms with E-state index in [1.165, 1.54) is 0 Å². The number of fused-ring (bicyclic) bond motifs is 4. The summed E-state index contributed by atoms with van der Waals surface area (Å²) in [6.07, 6.45) is 4.18. The fraction of sp³-hybridized carbons (Fsp3) is 0.386. The molecule has 2 fully saturated rings. The Labute approximate surface area is 341 Å². The van der Waals surface area contributed by atoms with Gasteiger partial charge in [0.05, 0.1) is 23.4 Å².